The number of hydrogen-bond donors (Lipinski definition) is 1. The summed E-state index contributed by atoms with van der Waals surface area (Å²) < 4.78 is 10.9. The SMILES string of the molecule is CN(C)C(=O)[C@@H]1C[C@H](NC(=O)OCc2ccccc2)C[C@@H](OC(=O)c2ccc([N+](=O)[O-])cc2)C1. The maximum Gasteiger partial charge on any atom is 0.407 e. The average Bonchev–Trinajstić information content (AvgIpc) is 2.82. The van der Waals surface area contributed by atoms with E-state index in [9.17, 15) is 24.5 Å². The Balaban J connectivity index is 1.63. The van der Waals surface area contributed by atoms with Crippen LogP contribution in [0.4, 0.5) is 10.5 Å². The fourth-order valence-corrected chi connectivity index (χ4v) is 3.92. The summed E-state index contributed by atoms with van der Waals surface area (Å²) in [6.07, 6.45) is -0.219. The molecule has 2 aromatic rings. The van der Waals surface area contributed by atoms with Crippen molar-refractivity contribution in [1.29, 1.82) is 0 Å². The number of nitro benzene ring substituents is 1. The van der Waals surface area contributed by atoms with E-state index in [0.29, 0.717) is 19.3 Å². The molecule has 1 saturated carbocycles. The van der Waals surface area contributed by atoms with Gasteiger partial charge in [0.1, 0.15) is 12.7 Å². The van der Waals surface area contributed by atoms with Crippen LogP contribution in [-0.4, -0.2) is 54.0 Å². The molecule has 0 spiro atoms. The summed E-state index contributed by atoms with van der Waals surface area (Å²) in [4.78, 5) is 49.3. The van der Waals surface area contributed by atoms with E-state index < -0.39 is 35.0 Å². The zero-order valence-corrected chi connectivity index (χ0v) is 19.0. The number of esters is 1. The van der Waals surface area contributed by atoms with Gasteiger partial charge in [0.2, 0.25) is 5.91 Å². The van der Waals surface area contributed by atoms with Gasteiger partial charge in [-0.25, -0.2) is 9.59 Å². The lowest BCUT2D eigenvalue weighted by Crippen LogP contribution is -2.47. The predicted molar refractivity (Wildman–Crippen MR) is 122 cm³/mol. The monoisotopic (exact) mass is 469 g/mol. The molecule has 3 atom stereocenters. The smallest absolute Gasteiger partial charge is 0.407 e. The zero-order valence-electron chi connectivity index (χ0n) is 19.0. The van der Waals surface area contributed by atoms with Crippen LogP contribution < -0.4 is 5.32 Å². The van der Waals surface area contributed by atoms with Crippen LogP contribution in [0, 0.1) is 16.0 Å². The average molecular weight is 469 g/mol. The van der Waals surface area contributed by atoms with E-state index in [1.807, 2.05) is 30.3 Å². The van der Waals surface area contributed by atoms with E-state index in [1.165, 1.54) is 29.2 Å². The zero-order chi connectivity index (χ0) is 24.7. The molecule has 2 aromatic carbocycles. The van der Waals surface area contributed by atoms with Crippen LogP contribution in [-0.2, 0) is 20.9 Å². The fourth-order valence-electron chi connectivity index (χ4n) is 3.92. The molecule has 0 radical (unpaired) electrons. The molecule has 34 heavy (non-hydrogen) atoms. The van der Waals surface area contributed by atoms with E-state index in [4.69, 9.17) is 9.47 Å². The Morgan fingerprint density at radius 1 is 1.03 bits per heavy atom. The normalized spacial score (nSPS) is 19.5. The van der Waals surface area contributed by atoms with Crippen LogP contribution >= 0.6 is 0 Å². The number of non-ortho nitro benzene ring substituents is 1. The third-order valence-electron chi connectivity index (χ3n) is 5.58. The highest BCUT2D eigenvalue weighted by atomic mass is 16.6. The molecule has 1 aliphatic rings. The number of carbonyl (C=O) groups is 3. The lowest BCUT2D eigenvalue weighted by molar-refractivity contribution is -0.384. The molecule has 0 unspecified atom stereocenters. The third kappa shape index (κ3) is 6.77. The Kier molecular flexibility index (Phi) is 8.18. The van der Waals surface area contributed by atoms with Gasteiger partial charge in [-0.15, -0.1) is 0 Å². The Labute approximate surface area is 197 Å². The van der Waals surface area contributed by atoms with Crippen molar-refractivity contribution in [2.45, 2.75) is 38.0 Å². The van der Waals surface area contributed by atoms with Crippen LogP contribution in [0.5, 0.6) is 0 Å². The van der Waals surface area contributed by atoms with Crippen LogP contribution in [0.2, 0.25) is 0 Å². The highest BCUT2D eigenvalue weighted by molar-refractivity contribution is 5.89. The molecule has 10 heteroatoms. The molecule has 0 saturated heterocycles. The first kappa shape index (κ1) is 24.7. The molecule has 0 aliphatic heterocycles. The Bertz CT molecular complexity index is 1020. The van der Waals surface area contributed by atoms with Crippen LogP contribution in [0.25, 0.3) is 0 Å². The topological polar surface area (TPSA) is 128 Å². The summed E-state index contributed by atoms with van der Waals surface area (Å²) in [5.74, 6) is -1.22. The van der Waals surface area contributed by atoms with E-state index in [0.717, 1.165) is 5.56 Å². The second-order valence-corrected chi connectivity index (χ2v) is 8.37. The van der Waals surface area contributed by atoms with Gasteiger partial charge >= 0.3 is 12.1 Å². The maximum atomic E-state index is 12.6. The van der Waals surface area contributed by atoms with E-state index in [2.05, 4.69) is 5.32 Å². The minimum absolute atomic E-state index is 0.109. The molecule has 0 heterocycles. The molecule has 1 aliphatic carbocycles. The van der Waals surface area contributed by atoms with Crippen LogP contribution in [0.1, 0.15) is 35.2 Å². The molecule has 3 rings (SSSR count). The molecule has 0 bridgehead atoms. The number of nitrogens with one attached hydrogen (secondary N) is 1. The number of ether oxygens (including phenoxy) is 2. The van der Waals surface area contributed by atoms with Gasteiger partial charge < -0.3 is 19.7 Å². The summed E-state index contributed by atoms with van der Waals surface area (Å²) in [6.45, 7) is 0.109. The van der Waals surface area contributed by atoms with E-state index >= 15 is 0 Å². The molecule has 10 nitrogen and oxygen atoms in total. The summed E-state index contributed by atoms with van der Waals surface area (Å²) in [7, 11) is 3.29. The number of alkyl carbamates (subject to hydrolysis) is 1. The van der Waals surface area contributed by atoms with Gasteiger partial charge in [-0.05, 0) is 30.5 Å². The van der Waals surface area contributed by atoms with Crippen molar-refractivity contribution in [3.63, 3.8) is 0 Å². The highest BCUT2D eigenvalue weighted by Gasteiger charge is 2.36. The van der Waals surface area contributed by atoms with Crippen molar-refractivity contribution in [2.75, 3.05) is 14.1 Å². The molecule has 2 amide bonds. The van der Waals surface area contributed by atoms with Crippen molar-refractivity contribution in [1.82, 2.24) is 10.2 Å². The summed E-state index contributed by atoms with van der Waals surface area (Å²) in [5.41, 5.74) is 0.874. The van der Waals surface area contributed by atoms with Crippen molar-refractivity contribution >= 4 is 23.7 Å². The summed E-state index contributed by atoms with van der Waals surface area (Å²) >= 11 is 0. The van der Waals surface area contributed by atoms with Gasteiger partial charge in [0, 0.05) is 44.6 Å². The van der Waals surface area contributed by atoms with E-state index in [1.54, 1.807) is 14.1 Å². The quantitative estimate of drug-likeness (QED) is 0.374. The van der Waals surface area contributed by atoms with Gasteiger partial charge in [-0.3, -0.25) is 14.9 Å². The summed E-state index contributed by atoms with van der Waals surface area (Å²) in [6, 6.07) is 13.9. The minimum Gasteiger partial charge on any atom is -0.459 e. The number of rotatable bonds is 7. The van der Waals surface area contributed by atoms with Crippen LogP contribution in [0.3, 0.4) is 0 Å². The van der Waals surface area contributed by atoms with E-state index in [-0.39, 0.29) is 23.8 Å². The lowest BCUT2D eigenvalue weighted by Gasteiger charge is -2.35. The van der Waals surface area contributed by atoms with Gasteiger partial charge in [0.25, 0.3) is 5.69 Å². The predicted octanol–water partition coefficient (Wildman–Crippen LogP) is 3.30. The van der Waals surface area contributed by atoms with Crippen LogP contribution in [0.15, 0.2) is 54.6 Å². The molecule has 0 aromatic heterocycles. The number of nitrogens with zero attached hydrogens (tertiary/aromatic N) is 2. The lowest BCUT2D eigenvalue weighted by atomic mass is 9.83. The van der Waals surface area contributed by atoms with Gasteiger partial charge in [0.05, 0.1) is 10.5 Å². The van der Waals surface area contributed by atoms with Crippen molar-refractivity contribution < 1.29 is 28.8 Å². The highest BCUT2D eigenvalue weighted by Crippen LogP contribution is 2.29. The molecule has 1 N–H and O–H groups in total. The number of hydrogen-bond acceptors (Lipinski definition) is 7. The van der Waals surface area contributed by atoms with Gasteiger partial charge in [-0.2, -0.15) is 0 Å². The fraction of sp³-hybridized carbons (Fsp3) is 0.375. The van der Waals surface area contributed by atoms with Gasteiger partial charge in [0.15, 0.2) is 0 Å². The Morgan fingerprint density at radius 3 is 2.32 bits per heavy atom. The first-order valence-corrected chi connectivity index (χ1v) is 10.9. The number of nitro groups is 1. The van der Waals surface area contributed by atoms with Crippen molar-refractivity contribution in [3.8, 4) is 0 Å². The first-order valence-electron chi connectivity index (χ1n) is 10.9. The number of amides is 2. The minimum atomic E-state index is -0.650. The second-order valence-electron chi connectivity index (χ2n) is 8.37. The molecular formula is C24H27N3O7. The van der Waals surface area contributed by atoms with Crippen molar-refractivity contribution in [2.24, 2.45) is 5.92 Å². The molecule has 180 valence electrons. The maximum absolute atomic E-state index is 12.6. The Hall–Kier alpha value is -3.95. The number of benzene rings is 2. The van der Waals surface area contributed by atoms with Crippen molar-refractivity contribution in [3.05, 3.63) is 75.8 Å². The number of carbonyl (C=O) groups excluding carboxylic acids is 3. The largest absolute Gasteiger partial charge is 0.459 e. The van der Waals surface area contributed by atoms with Gasteiger partial charge in [-0.1, -0.05) is 30.3 Å². The second kappa shape index (κ2) is 11.3. The summed E-state index contributed by atoms with van der Waals surface area (Å²) in [5, 5.41) is 13.6. The Morgan fingerprint density at radius 2 is 1.71 bits per heavy atom. The molecular weight excluding hydrogens is 442 g/mol. The third-order valence-corrected chi connectivity index (χ3v) is 5.58. The standard InChI is InChI=1S/C24H27N3O7/c1-26(2)22(28)18-12-19(25-24(30)33-15-16-6-4-3-5-7-16)14-21(13-18)34-23(29)17-8-10-20(11-9-17)27(31)32/h3-11,18-19,21H,12-15H2,1-2H3,(H,25,30)/t18-,19+,21+/m1/s1. The first-order chi connectivity index (χ1) is 16.2. The molecule has 1 fully saturated rings.